The summed E-state index contributed by atoms with van der Waals surface area (Å²) in [6.07, 6.45) is 2.22. The number of rotatable bonds is 7. The van der Waals surface area contributed by atoms with Crippen LogP contribution in [0.1, 0.15) is 18.7 Å². The van der Waals surface area contributed by atoms with Crippen molar-refractivity contribution in [3.8, 4) is 0 Å². The van der Waals surface area contributed by atoms with Crippen molar-refractivity contribution in [3.05, 3.63) is 30.1 Å². The highest BCUT2D eigenvalue weighted by Gasteiger charge is 2.15. The number of halogens is 1. The van der Waals surface area contributed by atoms with Crippen molar-refractivity contribution < 1.29 is 9.47 Å². The monoisotopic (exact) mass is 473 g/mol. The second-order valence-corrected chi connectivity index (χ2v) is 6.14. The van der Waals surface area contributed by atoms with E-state index in [1.54, 1.807) is 7.05 Å². The second kappa shape index (κ2) is 10.7. The number of fused-ring (bicyclic) bond motifs is 1. The Kier molecular flexibility index (Phi) is 8.60. The fourth-order valence-corrected chi connectivity index (χ4v) is 2.91. The smallest absolute Gasteiger partial charge is 0.191 e. The van der Waals surface area contributed by atoms with Gasteiger partial charge in [-0.25, -0.2) is 4.98 Å². The molecule has 3 rings (SSSR count). The number of hydrogen-bond donors (Lipinski definition) is 2. The summed E-state index contributed by atoms with van der Waals surface area (Å²) in [5, 5.41) is 6.62. The number of guanidine groups is 1. The van der Waals surface area contributed by atoms with E-state index in [1.807, 2.05) is 25.2 Å². The normalized spacial score (nSPS) is 17.3. The van der Waals surface area contributed by atoms with Crippen LogP contribution >= 0.6 is 24.0 Å². The van der Waals surface area contributed by atoms with Crippen molar-refractivity contribution in [2.24, 2.45) is 12.0 Å². The fourth-order valence-electron chi connectivity index (χ4n) is 2.91. The van der Waals surface area contributed by atoms with Gasteiger partial charge in [-0.1, -0.05) is 12.1 Å². The molecule has 1 fully saturated rings. The number of imidazole rings is 1. The zero-order valence-electron chi connectivity index (χ0n) is 15.4. The maximum Gasteiger partial charge on any atom is 0.191 e. The Morgan fingerprint density at radius 3 is 2.96 bits per heavy atom. The third kappa shape index (κ3) is 5.55. The fraction of sp³-hybridized carbons (Fsp3) is 0.556. The number of hydrogen-bond acceptors (Lipinski definition) is 4. The third-order valence-electron chi connectivity index (χ3n) is 4.37. The first kappa shape index (κ1) is 20.9. The van der Waals surface area contributed by atoms with E-state index in [-0.39, 0.29) is 30.1 Å². The number of para-hydroxylation sites is 2. The molecule has 0 amide bonds. The largest absolute Gasteiger partial charge is 0.379 e. The molecule has 0 spiro atoms. The van der Waals surface area contributed by atoms with Gasteiger partial charge in [0.25, 0.3) is 0 Å². The summed E-state index contributed by atoms with van der Waals surface area (Å²) in [5.74, 6) is 1.75. The molecule has 7 nitrogen and oxygen atoms in total. The summed E-state index contributed by atoms with van der Waals surface area (Å²) >= 11 is 0. The minimum Gasteiger partial charge on any atom is -0.379 e. The van der Waals surface area contributed by atoms with Crippen molar-refractivity contribution >= 4 is 41.0 Å². The predicted molar refractivity (Wildman–Crippen MR) is 114 cm³/mol. The quantitative estimate of drug-likeness (QED) is 0.279. The Balaban J connectivity index is 0.00000243. The first-order chi connectivity index (χ1) is 12.3. The highest BCUT2D eigenvalue weighted by molar-refractivity contribution is 14.0. The van der Waals surface area contributed by atoms with Crippen molar-refractivity contribution in [1.29, 1.82) is 0 Å². The van der Waals surface area contributed by atoms with Gasteiger partial charge in [0, 0.05) is 33.9 Å². The molecule has 0 bridgehead atoms. The molecule has 8 heteroatoms. The van der Waals surface area contributed by atoms with Crippen LogP contribution < -0.4 is 10.6 Å². The average Bonchev–Trinajstić information content (AvgIpc) is 3.26. The van der Waals surface area contributed by atoms with Gasteiger partial charge in [-0.05, 0) is 25.0 Å². The van der Waals surface area contributed by atoms with Crippen molar-refractivity contribution in [1.82, 2.24) is 20.2 Å². The Bertz CT molecular complexity index is 713. The molecule has 1 aromatic carbocycles. The van der Waals surface area contributed by atoms with Gasteiger partial charge in [-0.3, -0.25) is 4.99 Å². The van der Waals surface area contributed by atoms with Gasteiger partial charge in [-0.15, -0.1) is 24.0 Å². The van der Waals surface area contributed by atoms with E-state index in [0.717, 1.165) is 62.0 Å². The van der Waals surface area contributed by atoms with E-state index >= 15 is 0 Å². The third-order valence-corrected chi connectivity index (χ3v) is 4.37. The summed E-state index contributed by atoms with van der Waals surface area (Å²) in [4.78, 5) is 8.92. The first-order valence-electron chi connectivity index (χ1n) is 8.82. The summed E-state index contributed by atoms with van der Waals surface area (Å²) in [6, 6.07) is 8.14. The van der Waals surface area contributed by atoms with E-state index in [1.165, 1.54) is 0 Å². The molecule has 1 atom stereocenters. The molecule has 1 aliphatic rings. The zero-order valence-corrected chi connectivity index (χ0v) is 17.7. The Hall–Kier alpha value is -1.39. The van der Waals surface area contributed by atoms with Gasteiger partial charge >= 0.3 is 0 Å². The standard InChI is InChI=1S/C18H27N5O2.HI/c1-19-18(20-9-5-10-25-14-8-11-24-13-14)21-12-17-22-15-6-3-4-7-16(15)23(17)2;/h3-4,6-7,14H,5,8-13H2,1-2H3,(H2,19,20,21);1H. The maximum absolute atomic E-state index is 5.76. The lowest BCUT2D eigenvalue weighted by Crippen LogP contribution is -2.38. The van der Waals surface area contributed by atoms with Gasteiger partial charge < -0.3 is 24.7 Å². The minimum absolute atomic E-state index is 0. The topological polar surface area (TPSA) is 72.7 Å². The van der Waals surface area contributed by atoms with Gasteiger partial charge in [0.2, 0.25) is 0 Å². The van der Waals surface area contributed by atoms with Crippen molar-refractivity contribution in [2.75, 3.05) is 33.4 Å². The number of ether oxygens (including phenoxy) is 2. The van der Waals surface area contributed by atoms with Crippen LogP contribution in [0.25, 0.3) is 11.0 Å². The van der Waals surface area contributed by atoms with Gasteiger partial charge in [0.15, 0.2) is 5.96 Å². The molecule has 1 saturated heterocycles. The SMILES string of the molecule is CN=C(NCCCOC1CCOC1)NCc1nc2ccccc2n1C.I. The molecular weight excluding hydrogens is 445 g/mol. The highest BCUT2D eigenvalue weighted by atomic mass is 127. The molecular formula is C18H28IN5O2. The molecule has 0 radical (unpaired) electrons. The zero-order chi connectivity index (χ0) is 17.5. The Morgan fingerprint density at radius 1 is 1.38 bits per heavy atom. The Morgan fingerprint density at radius 2 is 2.23 bits per heavy atom. The van der Waals surface area contributed by atoms with E-state index in [2.05, 4.69) is 31.2 Å². The van der Waals surface area contributed by atoms with Crippen LogP contribution in [0.4, 0.5) is 0 Å². The van der Waals surface area contributed by atoms with E-state index in [4.69, 9.17) is 9.47 Å². The number of nitrogens with zero attached hydrogens (tertiary/aromatic N) is 3. The van der Waals surface area contributed by atoms with Crippen LogP contribution in [-0.2, 0) is 23.1 Å². The molecule has 26 heavy (non-hydrogen) atoms. The number of aryl methyl sites for hydroxylation is 1. The second-order valence-electron chi connectivity index (χ2n) is 6.14. The molecule has 144 valence electrons. The first-order valence-corrected chi connectivity index (χ1v) is 8.82. The molecule has 1 aliphatic heterocycles. The minimum atomic E-state index is 0. The summed E-state index contributed by atoms with van der Waals surface area (Å²) < 4.78 is 13.2. The van der Waals surface area contributed by atoms with Crippen LogP contribution in [0, 0.1) is 0 Å². The average molecular weight is 473 g/mol. The summed E-state index contributed by atoms with van der Waals surface area (Å²) in [5.41, 5.74) is 2.15. The lowest BCUT2D eigenvalue weighted by Gasteiger charge is -2.13. The predicted octanol–water partition coefficient (Wildman–Crippen LogP) is 2.05. The molecule has 0 saturated carbocycles. The molecule has 2 N–H and O–H groups in total. The number of nitrogens with one attached hydrogen (secondary N) is 2. The van der Waals surface area contributed by atoms with E-state index in [9.17, 15) is 0 Å². The van der Waals surface area contributed by atoms with Crippen LogP contribution in [0.2, 0.25) is 0 Å². The van der Waals surface area contributed by atoms with Crippen LogP contribution in [0.15, 0.2) is 29.3 Å². The molecule has 2 aromatic rings. The van der Waals surface area contributed by atoms with E-state index in [0.29, 0.717) is 6.54 Å². The van der Waals surface area contributed by atoms with Gasteiger partial charge in [0.1, 0.15) is 5.82 Å². The number of aliphatic imine (C=N–C) groups is 1. The van der Waals surface area contributed by atoms with Crippen LogP contribution in [0.5, 0.6) is 0 Å². The Labute approximate surface area is 171 Å². The molecule has 2 heterocycles. The maximum atomic E-state index is 5.76. The number of aromatic nitrogens is 2. The van der Waals surface area contributed by atoms with Gasteiger partial charge in [-0.2, -0.15) is 0 Å². The molecule has 0 aliphatic carbocycles. The highest BCUT2D eigenvalue weighted by Crippen LogP contribution is 2.13. The summed E-state index contributed by atoms with van der Waals surface area (Å²) in [6.45, 7) is 3.73. The lowest BCUT2D eigenvalue weighted by atomic mass is 10.3. The van der Waals surface area contributed by atoms with E-state index < -0.39 is 0 Å². The lowest BCUT2D eigenvalue weighted by molar-refractivity contribution is 0.0420. The van der Waals surface area contributed by atoms with Crippen molar-refractivity contribution in [3.63, 3.8) is 0 Å². The molecule has 1 unspecified atom stereocenters. The number of benzene rings is 1. The van der Waals surface area contributed by atoms with Crippen LogP contribution in [0.3, 0.4) is 0 Å². The van der Waals surface area contributed by atoms with Gasteiger partial charge in [0.05, 0.1) is 30.3 Å². The van der Waals surface area contributed by atoms with Crippen molar-refractivity contribution in [2.45, 2.75) is 25.5 Å². The molecule has 1 aromatic heterocycles. The van der Waals surface area contributed by atoms with Crippen LogP contribution in [-0.4, -0.2) is 55.0 Å². The summed E-state index contributed by atoms with van der Waals surface area (Å²) in [7, 11) is 3.81.